The Kier molecular flexibility index (Phi) is 8.37. The van der Waals surface area contributed by atoms with Gasteiger partial charge >= 0.3 is 0 Å². The van der Waals surface area contributed by atoms with Gasteiger partial charge in [-0.3, -0.25) is 0 Å². The van der Waals surface area contributed by atoms with Crippen LogP contribution in [0.3, 0.4) is 0 Å². The van der Waals surface area contributed by atoms with Crippen molar-refractivity contribution >= 4 is 29.1 Å². The van der Waals surface area contributed by atoms with Crippen molar-refractivity contribution in [1.29, 1.82) is 0 Å². The van der Waals surface area contributed by atoms with Crippen molar-refractivity contribution in [3.8, 4) is 0 Å². The summed E-state index contributed by atoms with van der Waals surface area (Å²) in [5, 5.41) is 16.4. The van der Waals surface area contributed by atoms with Crippen molar-refractivity contribution in [2.45, 2.75) is 38.4 Å². The van der Waals surface area contributed by atoms with Gasteiger partial charge in [-0.15, -0.1) is 16.8 Å². The number of hydrogen-bond donors (Lipinski definition) is 2. The van der Waals surface area contributed by atoms with Crippen molar-refractivity contribution in [3.05, 3.63) is 18.5 Å². The van der Waals surface area contributed by atoms with Crippen LogP contribution in [0.2, 0.25) is 0 Å². The molecule has 0 bridgehead atoms. The Hall–Kier alpha value is -1.08. The van der Waals surface area contributed by atoms with E-state index >= 15 is 0 Å². The average molecular weight is 328 g/mol. The summed E-state index contributed by atoms with van der Waals surface area (Å²) in [6.07, 6.45) is 5.69. The van der Waals surface area contributed by atoms with Crippen LogP contribution in [-0.2, 0) is 13.0 Å². The second-order valence-electron chi connectivity index (χ2n) is 5.14. The summed E-state index contributed by atoms with van der Waals surface area (Å²) in [4.78, 5) is 0. The quantitative estimate of drug-likeness (QED) is 0.314. The zero-order valence-electron chi connectivity index (χ0n) is 13.1. The molecule has 0 aliphatic heterocycles. The Balaban J connectivity index is 2.42. The van der Waals surface area contributed by atoms with Crippen molar-refractivity contribution in [2.75, 3.05) is 19.3 Å². The third kappa shape index (κ3) is 6.48. The maximum absolute atomic E-state index is 5.15. The molecule has 2 N–H and O–H groups in total. The minimum absolute atomic E-state index is 0.583. The highest BCUT2D eigenvalue weighted by atomic mass is 32.2. The van der Waals surface area contributed by atoms with Crippen LogP contribution in [0.1, 0.15) is 26.1 Å². The molecule has 0 saturated heterocycles. The lowest BCUT2D eigenvalue weighted by Gasteiger charge is -2.12. The number of aromatic nitrogens is 3. The zero-order valence-corrected chi connectivity index (χ0v) is 14.7. The maximum Gasteiger partial charge on any atom is 0.190 e. The summed E-state index contributed by atoms with van der Waals surface area (Å²) in [5.41, 5.74) is 0. The van der Waals surface area contributed by atoms with E-state index in [2.05, 4.69) is 45.8 Å². The standard InChI is InChI=1S/C14H25N5S2/c1-5-8-15-13(20)16-9-6-7-12-17-18-14(21-4)19(12)10-11(2)3/h5,11H,1,6-10H2,2-4H3,(H2,15,16,20). The molecule has 0 radical (unpaired) electrons. The molecule has 0 aliphatic rings. The molecule has 1 rings (SSSR count). The van der Waals surface area contributed by atoms with Gasteiger partial charge in [-0.05, 0) is 30.8 Å². The second kappa shape index (κ2) is 9.78. The minimum atomic E-state index is 0.583. The number of thiocarbonyl (C=S) groups is 1. The third-order valence-corrected chi connectivity index (χ3v) is 3.75. The van der Waals surface area contributed by atoms with Crippen LogP contribution in [0.15, 0.2) is 17.8 Å². The van der Waals surface area contributed by atoms with Crippen LogP contribution in [0.25, 0.3) is 0 Å². The minimum Gasteiger partial charge on any atom is -0.363 e. The molecule has 0 amide bonds. The van der Waals surface area contributed by atoms with E-state index in [4.69, 9.17) is 12.2 Å². The zero-order chi connectivity index (χ0) is 15.7. The van der Waals surface area contributed by atoms with Crippen LogP contribution in [0.5, 0.6) is 0 Å². The highest BCUT2D eigenvalue weighted by Crippen LogP contribution is 2.16. The van der Waals surface area contributed by atoms with Gasteiger partial charge in [0, 0.05) is 26.1 Å². The summed E-state index contributed by atoms with van der Waals surface area (Å²) in [7, 11) is 0. The molecular weight excluding hydrogens is 302 g/mol. The van der Waals surface area contributed by atoms with Gasteiger partial charge in [0.05, 0.1) is 0 Å². The molecule has 0 unspecified atom stereocenters. The Morgan fingerprint density at radius 1 is 1.43 bits per heavy atom. The maximum atomic E-state index is 5.15. The van der Waals surface area contributed by atoms with E-state index in [9.17, 15) is 0 Å². The normalized spacial score (nSPS) is 10.7. The Morgan fingerprint density at radius 2 is 2.19 bits per heavy atom. The molecule has 0 spiro atoms. The van der Waals surface area contributed by atoms with Crippen LogP contribution in [-0.4, -0.2) is 39.2 Å². The lowest BCUT2D eigenvalue weighted by atomic mass is 10.2. The number of rotatable bonds is 9. The summed E-state index contributed by atoms with van der Waals surface area (Å²) < 4.78 is 2.23. The molecule has 1 aromatic heterocycles. The highest BCUT2D eigenvalue weighted by molar-refractivity contribution is 7.98. The fraction of sp³-hybridized carbons (Fsp3) is 0.643. The Morgan fingerprint density at radius 3 is 2.81 bits per heavy atom. The van der Waals surface area contributed by atoms with E-state index in [1.54, 1.807) is 17.8 Å². The summed E-state index contributed by atoms with van der Waals surface area (Å²) >= 11 is 6.79. The molecule has 0 atom stereocenters. The molecule has 0 aliphatic carbocycles. The lowest BCUT2D eigenvalue weighted by molar-refractivity contribution is 0.477. The first-order valence-electron chi connectivity index (χ1n) is 7.17. The molecular formula is C14H25N5S2. The van der Waals surface area contributed by atoms with E-state index in [1.807, 2.05) is 6.26 Å². The van der Waals surface area contributed by atoms with Crippen LogP contribution >= 0.6 is 24.0 Å². The van der Waals surface area contributed by atoms with Gasteiger partial charge < -0.3 is 15.2 Å². The van der Waals surface area contributed by atoms with Gasteiger partial charge in [0.25, 0.3) is 0 Å². The van der Waals surface area contributed by atoms with Gasteiger partial charge in [0.2, 0.25) is 0 Å². The molecule has 7 heteroatoms. The molecule has 0 fully saturated rings. The fourth-order valence-corrected chi connectivity index (χ4v) is 2.59. The predicted octanol–water partition coefficient (Wildman–Crippen LogP) is 2.24. The lowest BCUT2D eigenvalue weighted by Crippen LogP contribution is -2.35. The van der Waals surface area contributed by atoms with E-state index in [-0.39, 0.29) is 0 Å². The predicted molar refractivity (Wildman–Crippen MR) is 93.8 cm³/mol. The topological polar surface area (TPSA) is 54.8 Å². The number of hydrogen-bond acceptors (Lipinski definition) is 4. The largest absolute Gasteiger partial charge is 0.363 e. The monoisotopic (exact) mass is 327 g/mol. The highest BCUT2D eigenvalue weighted by Gasteiger charge is 2.12. The van der Waals surface area contributed by atoms with Gasteiger partial charge in [0.15, 0.2) is 10.3 Å². The molecule has 0 aromatic carbocycles. The first-order valence-corrected chi connectivity index (χ1v) is 8.80. The number of aryl methyl sites for hydroxylation is 1. The van der Waals surface area contributed by atoms with Gasteiger partial charge in [-0.1, -0.05) is 31.7 Å². The van der Waals surface area contributed by atoms with Crippen LogP contribution in [0.4, 0.5) is 0 Å². The van der Waals surface area contributed by atoms with Crippen molar-refractivity contribution in [3.63, 3.8) is 0 Å². The number of nitrogens with zero attached hydrogens (tertiary/aromatic N) is 3. The third-order valence-electron chi connectivity index (χ3n) is 2.79. The van der Waals surface area contributed by atoms with E-state index in [0.29, 0.717) is 17.6 Å². The van der Waals surface area contributed by atoms with Crippen LogP contribution < -0.4 is 10.6 Å². The van der Waals surface area contributed by atoms with Gasteiger partial charge in [-0.25, -0.2) is 0 Å². The van der Waals surface area contributed by atoms with Crippen molar-refractivity contribution in [2.24, 2.45) is 5.92 Å². The molecule has 0 saturated carbocycles. The van der Waals surface area contributed by atoms with Crippen molar-refractivity contribution in [1.82, 2.24) is 25.4 Å². The number of thioether (sulfide) groups is 1. The van der Waals surface area contributed by atoms with E-state index in [1.165, 1.54) is 0 Å². The first kappa shape index (κ1) is 18.0. The molecule has 1 aromatic rings. The first-order chi connectivity index (χ1) is 10.1. The molecule has 21 heavy (non-hydrogen) atoms. The summed E-state index contributed by atoms with van der Waals surface area (Å²) in [6, 6.07) is 0. The molecule has 118 valence electrons. The smallest absolute Gasteiger partial charge is 0.190 e. The summed E-state index contributed by atoms with van der Waals surface area (Å²) in [5.74, 6) is 1.64. The van der Waals surface area contributed by atoms with E-state index in [0.717, 1.165) is 36.9 Å². The number of nitrogens with one attached hydrogen (secondary N) is 2. The van der Waals surface area contributed by atoms with Crippen molar-refractivity contribution < 1.29 is 0 Å². The Bertz CT molecular complexity index is 456. The second-order valence-corrected chi connectivity index (χ2v) is 6.32. The van der Waals surface area contributed by atoms with Gasteiger partial charge in [-0.2, -0.15) is 0 Å². The SMILES string of the molecule is C=CCNC(=S)NCCCc1nnc(SC)n1CC(C)C. The average Bonchev–Trinajstić information content (AvgIpc) is 2.82. The summed E-state index contributed by atoms with van der Waals surface area (Å²) in [6.45, 7) is 10.5. The molecule has 5 nitrogen and oxygen atoms in total. The molecule has 1 heterocycles. The fourth-order valence-electron chi connectivity index (χ4n) is 1.88. The Labute approximate surface area is 137 Å². The van der Waals surface area contributed by atoms with Gasteiger partial charge in [0.1, 0.15) is 5.82 Å². The van der Waals surface area contributed by atoms with Crippen LogP contribution in [0, 0.1) is 5.92 Å². The van der Waals surface area contributed by atoms with E-state index < -0.39 is 0 Å².